The van der Waals surface area contributed by atoms with E-state index in [0.29, 0.717) is 31.5 Å². The van der Waals surface area contributed by atoms with Gasteiger partial charge in [-0.1, -0.05) is 85.0 Å². The molecule has 0 aromatic carbocycles. The zero-order chi connectivity index (χ0) is 72.3. The van der Waals surface area contributed by atoms with Crippen LogP contribution in [0.4, 0.5) is 0 Å². The van der Waals surface area contributed by atoms with Gasteiger partial charge in [0.05, 0.1) is 43.4 Å². The van der Waals surface area contributed by atoms with Crippen LogP contribution in [0.3, 0.4) is 0 Å². The minimum Gasteiger partial charge on any atom is -0.466 e. The number of aliphatic hydroxyl groups is 2. The number of carbonyl (C=O) groups excluding carboxylic acids is 15. The molecule has 1 aliphatic carbocycles. The second-order valence-electron chi connectivity index (χ2n) is 24.5. The van der Waals surface area contributed by atoms with Crippen LogP contribution in [0.1, 0.15) is 160 Å². The van der Waals surface area contributed by atoms with Gasteiger partial charge in [-0.3, -0.25) is 71.9 Å². The summed E-state index contributed by atoms with van der Waals surface area (Å²) in [7, 11) is 0. The van der Waals surface area contributed by atoms with Gasteiger partial charge in [-0.05, 0) is 90.4 Å². The Hall–Kier alpha value is -7.90. The minimum absolute atomic E-state index is 0.0531. The number of carbonyl (C=O) groups is 15. The number of esters is 3. The summed E-state index contributed by atoms with van der Waals surface area (Å²) < 4.78 is 14.9. The third-order valence-electron chi connectivity index (χ3n) is 14.7. The highest BCUT2D eigenvalue weighted by Gasteiger charge is 2.40. The van der Waals surface area contributed by atoms with E-state index in [1.54, 1.807) is 13.8 Å². The molecule has 0 heterocycles. The summed E-state index contributed by atoms with van der Waals surface area (Å²) in [6.45, 7) is 23.6. The van der Waals surface area contributed by atoms with Gasteiger partial charge in [0.25, 0.3) is 0 Å². The van der Waals surface area contributed by atoms with E-state index >= 15 is 0 Å². The quantitative estimate of drug-likeness (QED) is 0.00944. The van der Waals surface area contributed by atoms with Gasteiger partial charge in [0.15, 0.2) is 11.6 Å². The number of ether oxygens (including phenoxy) is 3. The summed E-state index contributed by atoms with van der Waals surface area (Å²) in [5, 5.41) is 43.0. The number of aliphatic hydroxyl groups excluding tert-OH is 2. The van der Waals surface area contributed by atoms with Gasteiger partial charge in [0.1, 0.15) is 61.3 Å². The summed E-state index contributed by atoms with van der Waals surface area (Å²) in [6.07, 6.45) is -1.06. The highest BCUT2D eigenvalue weighted by Crippen LogP contribution is 2.35. The average molecular weight is 1360 g/mol. The summed E-state index contributed by atoms with van der Waals surface area (Å²) in [5.41, 5.74) is 6.61. The topological polar surface area (TPSA) is 458 Å². The molecule has 8 amide bonds. The Morgan fingerprint density at radius 1 is 0.579 bits per heavy atom. The van der Waals surface area contributed by atoms with Gasteiger partial charge in [-0.25, -0.2) is 0 Å². The van der Waals surface area contributed by atoms with Gasteiger partial charge < -0.3 is 78.0 Å². The van der Waals surface area contributed by atoms with E-state index in [4.69, 9.17) is 19.9 Å². The zero-order valence-corrected chi connectivity index (χ0v) is 57.5. The molecule has 0 spiro atoms. The van der Waals surface area contributed by atoms with Crippen LogP contribution in [0.25, 0.3) is 0 Å². The van der Waals surface area contributed by atoms with Gasteiger partial charge in [-0.15, -0.1) is 0 Å². The lowest BCUT2D eigenvalue weighted by Gasteiger charge is -2.30. The van der Waals surface area contributed by atoms with Gasteiger partial charge in [0.2, 0.25) is 52.4 Å². The highest BCUT2D eigenvalue weighted by atomic mass is 32.2. The highest BCUT2D eigenvalue weighted by molar-refractivity contribution is 8.13. The maximum atomic E-state index is 14.3. The molecule has 0 saturated heterocycles. The molecule has 95 heavy (non-hydrogen) atoms. The van der Waals surface area contributed by atoms with Crippen molar-refractivity contribution >= 4 is 99.4 Å². The number of amides is 8. The first-order valence-corrected chi connectivity index (χ1v) is 32.9. The number of hydrogen-bond acceptors (Lipinski definition) is 23. The SMILES string of the molecule is C=CCOC(=O)CC[C@H](NC(=O)C(N)CCCCNC(CC(C)C)=C1C(=O)CC(C)(C)CC1=O)C(=O)N[C@@H](C)C(=O)N[C@@H](CCC(=O)OCC=C)C(=O)N[C@@H](CC(C)=O)C(=O)N[C@H](C(=O)N[C@H](C(=O)N[C@H](C(=O)NCC(=O)SCCC(=O)OCC)C(C)O)C(C)O)C(C)CC. The van der Waals surface area contributed by atoms with E-state index in [9.17, 15) is 82.1 Å². The fourth-order valence-corrected chi connectivity index (χ4v) is 10.1. The first-order chi connectivity index (χ1) is 44.5. The first kappa shape index (κ1) is 85.1. The number of ketones is 3. The molecule has 1 fully saturated rings. The first-order valence-electron chi connectivity index (χ1n) is 31.9. The van der Waals surface area contributed by atoms with Crippen LogP contribution in [0.15, 0.2) is 36.6 Å². The number of rotatable bonds is 45. The number of thioether (sulfide) groups is 1. The van der Waals surface area contributed by atoms with Crippen molar-refractivity contribution < 1.29 is 96.3 Å². The molecular formula is C64H102N10O20S. The number of nitrogens with two attached hydrogens (primary N) is 1. The average Bonchev–Trinajstić information content (AvgIpc) is 0.811. The van der Waals surface area contributed by atoms with E-state index in [0.717, 1.165) is 32.5 Å². The Labute approximate surface area is 559 Å². The Kier molecular flexibility index (Phi) is 39.4. The molecule has 0 aromatic heterocycles. The number of hydrogen-bond donors (Lipinski definition) is 12. The summed E-state index contributed by atoms with van der Waals surface area (Å²) >= 11 is 0.731. The fourth-order valence-electron chi connectivity index (χ4n) is 9.42. The molecule has 11 atom stereocenters. The number of nitrogens with one attached hydrogen (secondary N) is 9. The van der Waals surface area contributed by atoms with Gasteiger partial charge >= 0.3 is 17.9 Å². The van der Waals surface area contributed by atoms with Crippen molar-refractivity contribution in [3.05, 3.63) is 36.6 Å². The molecule has 1 saturated carbocycles. The molecule has 13 N–H and O–H groups in total. The maximum absolute atomic E-state index is 14.3. The normalized spacial score (nSPS) is 16.1. The molecule has 1 aliphatic rings. The maximum Gasteiger partial charge on any atom is 0.306 e. The molecule has 4 unspecified atom stereocenters. The van der Waals surface area contributed by atoms with Gasteiger partial charge in [0, 0.05) is 50.1 Å². The smallest absolute Gasteiger partial charge is 0.306 e. The summed E-state index contributed by atoms with van der Waals surface area (Å²) in [4.78, 5) is 199. The third kappa shape index (κ3) is 32.9. The molecule has 0 aliphatic heterocycles. The predicted octanol–water partition coefficient (Wildman–Crippen LogP) is -0.120. The lowest BCUT2D eigenvalue weighted by atomic mass is 9.73. The molecule has 30 nitrogen and oxygen atoms in total. The van der Waals surface area contributed by atoms with Crippen molar-refractivity contribution in [1.29, 1.82) is 0 Å². The van der Waals surface area contributed by atoms with Crippen LogP contribution < -0.4 is 53.6 Å². The van der Waals surface area contributed by atoms with Crippen molar-refractivity contribution in [2.45, 2.75) is 220 Å². The van der Waals surface area contributed by atoms with Crippen LogP contribution in [-0.2, 0) is 86.1 Å². The minimum atomic E-state index is -1.84. The van der Waals surface area contributed by atoms with Crippen molar-refractivity contribution in [2.75, 3.05) is 38.7 Å². The zero-order valence-electron chi connectivity index (χ0n) is 56.7. The van der Waals surface area contributed by atoms with E-state index in [-0.39, 0.29) is 87.2 Å². The Bertz CT molecular complexity index is 2730. The molecule has 0 radical (unpaired) electrons. The predicted molar refractivity (Wildman–Crippen MR) is 349 cm³/mol. The fraction of sp³-hybridized carbons (Fsp3) is 0.672. The van der Waals surface area contributed by atoms with Crippen molar-refractivity contribution in [2.24, 2.45) is 23.0 Å². The molecule has 534 valence electrons. The molecule has 31 heteroatoms. The second kappa shape index (κ2) is 44.0. The van der Waals surface area contributed by atoms with Crippen LogP contribution >= 0.6 is 11.8 Å². The molecule has 0 aromatic rings. The molecule has 1 rings (SSSR count). The van der Waals surface area contributed by atoms with Crippen LogP contribution in [0.5, 0.6) is 0 Å². The van der Waals surface area contributed by atoms with Crippen LogP contribution in [-0.4, -0.2) is 197 Å². The van der Waals surface area contributed by atoms with Crippen molar-refractivity contribution in [1.82, 2.24) is 47.9 Å². The largest absolute Gasteiger partial charge is 0.466 e. The monoisotopic (exact) mass is 1360 g/mol. The molecular weight excluding hydrogens is 1260 g/mol. The summed E-state index contributed by atoms with van der Waals surface area (Å²) in [6, 6.07) is -12.8. The van der Waals surface area contributed by atoms with E-state index in [1.807, 2.05) is 27.7 Å². The standard InChI is InChI=1S/C64H102N10O20S/c1-14-27-93-48(80)23-21-42(70-57(85)41(65)20-18-19-26-66-44(30-35(5)6)52-46(78)32-64(12,13)33-47(52)79)58(86)68-38(9)56(84)69-43(22-24-49(81)94-28-15-2)59(87)71-45(31-37(8)75)60(88)72-53(36(7)16-3)62(90)74-55(40(11)77)63(91)73-54(39(10)76)61(89)67-34-51(83)95-29-25-50(82)92-17-4/h14-15,35-36,38-43,45,53-55,66,76-77H,1-2,16-34,65H2,3-13H3,(H,67,89)(H,68,86)(H,69,84)(H,70,85)(H,71,87)(H,72,88)(H,73,91)(H,74,90)/t36?,38-,39?,40?,41?,42-,43-,45-,53-,54-,55-/m0/s1. The van der Waals surface area contributed by atoms with Crippen molar-refractivity contribution in [3.8, 4) is 0 Å². The van der Waals surface area contributed by atoms with E-state index < -0.39 is 180 Å². The second-order valence-corrected chi connectivity index (χ2v) is 25.7. The Morgan fingerprint density at radius 3 is 1.55 bits per heavy atom. The van der Waals surface area contributed by atoms with Crippen LogP contribution in [0.2, 0.25) is 0 Å². The third-order valence-corrected chi connectivity index (χ3v) is 15.6. The lowest BCUT2D eigenvalue weighted by molar-refractivity contribution is -0.144. The van der Waals surface area contributed by atoms with E-state index in [2.05, 4.69) is 61.0 Å². The molecule has 0 bridgehead atoms. The lowest BCUT2D eigenvalue weighted by Crippen LogP contribution is -2.63. The Morgan fingerprint density at radius 2 is 1.05 bits per heavy atom. The Balaban J connectivity index is 3.39. The van der Waals surface area contributed by atoms with Crippen molar-refractivity contribution in [3.63, 3.8) is 0 Å². The van der Waals surface area contributed by atoms with Crippen LogP contribution in [0, 0.1) is 17.3 Å². The number of allylic oxidation sites excluding steroid dienone is 2. The summed E-state index contributed by atoms with van der Waals surface area (Å²) in [5.74, 6) is -12.1. The number of unbranched alkanes of at least 4 members (excludes halogenated alkanes) is 1. The van der Waals surface area contributed by atoms with E-state index in [1.165, 1.54) is 26.0 Å². The van der Waals surface area contributed by atoms with Gasteiger partial charge in [-0.2, -0.15) is 0 Å². The number of Topliss-reactive ketones (excluding diaryl/α,β-unsaturated/α-hetero) is 3.